The first kappa shape index (κ1) is 21.8. The highest BCUT2D eigenvalue weighted by atomic mass is 35.5. The summed E-state index contributed by atoms with van der Waals surface area (Å²) in [6, 6.07) is 5.34. The van der Waals surface area contributed by atoms with Gasteiger partial charge in [0.25, 0.3) is 0 Å². The lowest BCUT2D eigenvalue weighted by Gasteiger charge is -2.09. The standard InChI is InChI=1S/C18H15Cl2F3N2O3/c1-12-10-14(4-7-16(12)25-26-9-8-17(19)20)24-27-11-13-2-5-15(6-3-13)28-18(21,22)23/h2-8,10H,9,11H2,1H3. The van der Waals surface area contributed by atoms with Crippen LogP contribution in [0.25, 0.3) is 0 Å². The predicted molar refractivity (Wildman–Crippen MR) is 101 cm³/mol. The summed E-state index contributed by atoms with van der Waals surface area (Å²) in [7, 11) is 0. The third-order valence-electron chi connectivity index (χ3n) is 3.21. The van der Waals surface area contributed by atoms with Crippen LogP contribution in [0, 0.1) is 0 Å². The Kier molecular flexibility index (Phi) is 7.95. The van der Waals surface area contributed by atoms with Crippen molar-refractivity contribution in [3.8, 4) is 5.75 Å². The summed E-state index contributed by atoms with van der Waals surface area (Å²) < 4.78 is 40.3. The van der Waals surface area contributed by atoms with Gasteiger partial charge in [0.2, 0.25) is 0 Å². The van der Waals surface area contributed by atoms with Crippen molar-refractivity contribution in [2.75, 3.05) is 6.61 Å². The third kappa shape index (κ3) is 8.06. The lowest BCUT2D eigenvalue weighted by molar-refractivity contribution is -0.274. The van der Waals surface area contributed by atoms with E-state index in [1.165, 1.54) is 30.3 Å². The van der Waals surface area contributed by atoms with Gasteiger partial charge in [-0.25, -0.2) is 0 Å². The Morgan fingerprint density at radius 3 is 2.39 bits per heavy atom. The average molecular weight is 435 g/mol. The molecule has 0 amide bonds. The lowest BCUT2D eigenvalue weighted by atomic mass is 10.0. The van der Waals surface area contributed by atoms with E-state index >= 15 is 0 Å². The van der Waals surface area contributed by atoms with E-state index in [2.05, 4.69) is 15.0 Å². The molecule has 0 fully saturated rings. The fraction of sp³-hybridized carbons (Fsp3) is 0.222. The fourth-order valence-electron chi connectivity index (χ4n) is 1.97. The van der Waals surface area contributed by atoms with Crippen molar-refractivity contribution in [3.63, 3.8) is 0 Å². The van der Waals surface area contributed by atoms with Crippen molar-refractivity contribution in [3.05, 3.63) is 64.2 Å². The van der Waals surface area contributed by atoms with Crippen molar-refractivity contribution >= 4 is 34.6 Å². The molecule has 1 aromatic rings. The molecule has 0 unspecified atom stereocenters. The maximum atomic E-state index is 12.1. The fourth-order valence-corrected chi connectivity index (χ4v) is 2.10. The molecule has 0 spiro atoms. The number of halogens is 5. The van der Waals surface area contributed by atoms with Gasteiger partial charge in [-0.05, 0) is 54.5 Å². The van der Waals surface area contributed by atoms with Gasteiger partial charge in [-0.3, -0.25) is 0 Å². The monoisotopic (exact) mass is 434 g/mol. The number of nitrogens with zero attached hydrogens (tertiary/aromatic N) is 2. The van der Waals surface area contributed by atoms with E-state index in [1.807, 2.05) is 6.92 Å². The lowest BCUT2D eigenvalue weighted by Crippen LogP contribution is -2.17. The molecular formula is C18H15Cl2F3N2O3. The second-order valence-corrected chi connectivity index (χ2v) is 6.42. The highest BCUT2D eigenvalue weighted by Crippen LogP contribution is 2.23. The topological polar surface area (TPSA) is 52.4 Å². The van der Waals surface area contributed by atoms with Gasteiger partial charge < -0.3 is 14.4 Å². The Bertz CT molecular complexity index is 825. The summed E-state index contributed by atoms with van der Waals surface area (Å²) in [5, 5.41) is 7.91. The highest BCUT2D eigenvalue weighted by Gasteiger charge is 2.30. The average Bonchev–Trinajstić information content (AvgIpc) is 2.60. The van der Waals surface area contributed by atoms with Crippen molar-refractivity contribution in [2.24, 2.45) is 10.3 Å². The Labute approximate surface area is 169 Å². The van der Waals surface area contributed by atoms with Crippen LogP contribution in [0.15, 0.2) is 68.9 Å². The van der Waals surface area contributed by atoms with Crippen LogP contribution in [0.1, 0.15) is 12.5 Å². The van der Waals surface area contributed by atoms with Gasteiger partial charge in [0.05, 0.1) is 0 Å². The molecule has 2 rings (SSSR count). The van der Waals surface area contributed by atoms with Crippen LogP contribution in [0.5, 0.6) is 5.75 Å². The van der Waals surface area contributed by atoms with Gasteiger partial charge in [-0.1, -0.05) is 45.6 Å². The van der Waals surface area contributed by atoms with Crippen LogP contribution in [0.4, 0.5) is 13.2 Å². The summed E-state index contributed by atoms with van der Waals surface area (Å²) in [4.78, 5) is 10.3. The predicted octanol–water partition coefficient (Wildman–Crippen LogP) is 5.67. The van der Waals surface area contributed by atoms with E-state index in [-0.39, 0.29) is 23.5 Å². The minimum absolute atomic E-state index is 0.0894. The van der Waals surface area contributed by atoms with Gasteiger partial charge >= 0.3 is 6.36 Å². The van der Waals surface area contributed by atoms with Crippen LogP contribution >= 0.6 is 23.2 Å². The molecule has 0 bridgehead atoms. The van der Waals surface area contributed by atoms with Gasteiger partial charge in [0, 0.05) is 0 Å². The van der Waals surface area contributed by atoms with E-state index in [4.69, 9.17) is 32.9 Å². The van der Waals surface area contributed by atoms with Crippen LogP contribution in [0.3, 0.4) is 0 Å². The molecular weight excluding hydrogens is 420 g/mol. The van der Waals surface area contributed by atoms with Crippen LogP contribution in [-0.4, -0.2) is 24.4 Å². The molecule has 0 N–H and O–H groups in total. The van der Waals surface area contributed by atoms with E-state index in [9.17, 15) is 13.2 Å². The van der Waals surface area contributed by atoms with Crippen molar-refractivity contribution in [2.45, 2.75) is 19.9 Å². The molecule has 0 aromatic heterocycles. The molecule has 0 aliphatic heterocycles. The van der Waals surface area contributed by atoms with Crippen LogP contribution < -0.4 is 4.74 Å². The second kappa shape index (κ2) is 10.2. The summed E-state index contributed by atoms with van der Waals surface area (Å²) >= 11 is 10.9. The molecule has 1 aromatic carbocycles. The zero-order valence-electron chi connectivity index (χ0n) is 14.5. The first-order chi connectivity index (χ1) is 13.2. The van der Waals surface area contributed by atoms with Gasteiger partial charge in [0.1, 0.15) is 34.9 Å². The Balaban J connectivity index is 1.86. The second-order valence-electron chi connectivity index (χ2n) is 5.41. The van der Waals surface area contributed by atoms with Crippen molar-refractivity contribution in [1.82, 2.24) is 0 Å². The molecule has 0 heterocycles. The quantitative estimate of drug-likeness (QED) is 0.315. The normalized spacial score (nSPS) is 16.7. The number of alkyl halides is 3. The molecule has 0 saturated carbocycles. The maximum Gasteiger partial charge on any atom is 0.573 e. The van der Waals surface area contributed by atoms with Gasteiger partial charge in [-0.2, -0.15) is 0 Å². The molecule has 0 atom stereocenters. The Morgan fingerprint density at radius 1 is 1.07 bits per heavy atom. The van der Waals surface area contributed by atoms with E-state index in [0.717, 1.165) is 5.57 Å². The van der Waals surface area contributed by atoms with Crippen LogP contribution in [-0.2, 0) is 16.3 Å². The number of benzene rings is 1. The van der Waals surface area contributed by atoms with Gasteiger partial charge in [0.15, 0.2) is 0 Å². The van der Waals surface area contributed by atoms with E-state index < -0.39 is 6.36 Å². The molecule has 1 aliphatic carbocycles. The molecule has 150 valence electrons. The highest BCUT2D eigenvalue weighted by molar-refractivity contribution is 6.55. The van der Waals surface area contributed by atoms with Crippen molar-refractivity contribution < 1.29 is 27.6 Å². The maximum absolute atomic E-state index is 12.1. The minimum atomic E-state index is -4.72. The minimum Gasteiger partial charge on any atom is -0.406 e. The van der Waals surface area contributed by atoms with Crippen molar-refractivity contribution in [1.29, 1.82) is 0 Å². The summed E-state index contributed by atoms with van der Waals surface area (Å²) in [5.41, 5.74) is 2.61. The molecule has 28 heavy (non-hydrogen) atoms. The van der Waals surface area contributed by atoms with E-state index in [0.29, 0.717) is 17.0 Å². The summed E-state index contributed by atoms with van der Waals surface area (Å²) in [5.74, 6) is -0.297. The summed E-state index contributed by atoms with van der Waals surface area (Å²) in [6.45, 7) is 2.06. The number of allylic oxidation sites excluding steroid dienone is 4. The molecule has 0 saturated heterocycles. The molecule has 10 heteroatoms. The summed E-state index contributed by atoms with van der Waals surface area (Å²) in [6.07, 6.45) is 1.86. The SMILES string of the molecule is CC1=CC(=NOCc2ccc(OC(F)(F)F)cc2)C=CC1=NOCC=C(Cl)Cl. The molecule has 0 radical (unpaired) electrons. The molecule has 5 nitrogen and oxygen atoms in total. The number of hydrogen-bond acceptors (Lipinski definition) is 5. The molecule has 1 aliphatic rings. The first-order valence-corrected chi connectivity index (χ1v) is 8.61. The van der Waals surface area contributed by atoms with Gasteiger partial charge in [-0.15, -0.1) is 13.2 Å². The number of hydrogen-bond donors (Lipinski definition) is 0. The number of rotatable bonds is 7. The largest absolute Gasteiger partial charge is 0.573 e. The first-order valence-electron chi connectivity index (χ1n) is 7.85. The zero-order valence-corrected chi connectivity index (χ0v) is 16.1. The zero-order chi connectivity index (χ0) is 20.6. The van der Waals surface area contributed by atoms with Crippen LogP contribution in [0.2, 0.25) is 0 Å². The number of ether oxygens (including phenoxy) is 1. The number of oxime groups is 2. The smallest absolute Gasteiger partial charge is 0.406 e. The Morgan fingerprint density at radius 2 is 1.79 bits per heavy atom. The van der Waals surface area contributed by atoms with E-state index in [1.54, 1.807) is 18.2 Å². The Hall–Kier alpha value is -2.45. The third-order valence-corrected chi connectivity index (χ3v) is 3.52.